The summed E-state index contributed by atoms with van der Waals surface area (Å²) in [5.74, 6) is -1.27. The van der Waals surface area contributed by atoms with Crippen LogP contribution in [-0.4, -0.2) is 103 Å². The van der Waals surface area contributed by atoms with Crippen molar-refractivity contribution in [3.05, 3.63) is 0 Å². The molecule has 8 unspecified atom stereocenters. The second-order valence-electron chi connectivity index (χ2n) is 9.07. The summed E-state index contributed by atoms with van der Waals surface area (Å²) in [4.78, 5) is 52.2. The van der Waals surface area contributed by atoms with E-state index in [9.17, 15) is 44.0 Å². The minimum Gasteiger partial charge on any atom is -0.462 e. The summed E-state index contributed by atoms with van der Waals surface area (Å²) in [6, 6.07) is 0. The molecule has 0 aliphatic heterocycles. The molecular formula is C21H40O16P2. The number of phosphoric acid groups is 2. The fraction of sp³-hybridized carbons (Fsp3) is 0.905. The van der Waals surface area contributed by atoms with Crippen LogP contribution in [0.4, 0.5) is 0 Å². The van der Waals surface area contributed by atoms with Crippen molar-refractivity contribution in [2.75, 3.05) is 13.2 Å². The van der Waals surface area contributed by atoms with Crippen LogP contribution in [-0.2, 0) is 41.8 Å². The van der Waals surface area contributed by atoms with Gasteiger partial charge in [-0.25, -0.2) is 9.13 Å². The Kier molecular flexibility index (Phi) is 15.8. The molecule has 0 saturated heterocycles. The van der Waals surface area contributed by atoms with E-state index in [0.717, 1.165) is 25.7 Å². The van der Waals surface area contributed by atoms with Crippen LogP contribution in [0.15, 0.2) is 0 Å². The summed E-state index contributed by atoms with van der Waals surface area (Å²) in [6.07, 6.45) is -10.2. The van der Waals surface area contributed by atoms with Gasteiger partial charge in [0.2, 0.25) is 0 Å². The van der Waals surface area contributed by atoms with Gasteiger partial charge >= 0.3 is 27.6 Å². The lowest BCUT2D eigenvalue weighted by atomic mass is 9.85. The molecule has 1 saturated carbocycles. The van der Waals surface area contributed by atoms with Gasteiger partial charge in [-0.2, -0.15) is 0 Å². The van der Waals surface area contributed by atoms with Crippen LogP contribution in [0.3, 0.4) is 0 Å². The largest absolute Gasteiger partial charge is 0.472 e. The van der Waals surface area contributed by atoms with E-state index in [1.807, 2.05) is 13.8 Å². The predicted molar refractivity (Wildman–Crippen MR) is 131 cm³/mol. The van der Waals surface area contributed by atoms with Crippen molar-refractivity contribution < 1.29 is 76.9 Å². The summed E-state index contributed by atoms with van der Waals surface area (Å²) in [5.41, 5.74) is 0. The van der Waals surface area contributed by atoms with Crippen molar-refractivity contribution in [1.82, 2.24) is 0 Å². The van der Waals surface area contributed by atoms with E-state index in [-0.39, 0.29) is 12.8 Å². The van der Waals surface area contributed by atoms with Crippen molar-refractivity contribution in [2.45, 2.75) is 108 Å². The third kappa shape index (κ3) is 13.5. The number of hydrogen-bond donors (Lipinski definition) is 7. The zero-order valence-corrected chi connectivity index (χ0v) is 23.6. The third-order valence-corrected chi connectivity index (χ3v) is 7.18. The first-order valence-electron chi connectivity index (χ1n) is 12.6. The van der Waals surface area contributed by atoms with Crippen molar-refractivity contribution in [3.63, 3.8) is 0 Å². The molecule has 1 aliphatic carbocycles. The Hall–Kier alpha value is -1.00. The molecule has 7 N–H and O–H groups in total. The molecule has 0 heterocycles. The fourth-order valence-corrected chi connectivity index (χ4v) is 5.15. The molecule has 0 aromatic heterocycles. The van der Waals surface area contributed by atoms with Gasteiger partial charge in [-0.05, 0) is 12.8 Å². The maximum absolute atomic E-state index is 12.6. The average molecular weight is 610 g/mol. The average Bonchev–Trinajstić information content (AvgIpc) is 2.85. The Morgan fingerprint density at radius 3 is 1.74 bits per heavy atom. The van der Waals surface area contributed by atoms with E-state index in [0.29, 0.717) is 12.8 Å². The van der Waals surface area contributed by atoms with Gasteiger partial charge in [-0.15, -0.1) is 0 Å². The van der Waals surface area contributed by atoms with E-state index < -0.39 is 83.5 Å². The lowest BCUT2D eigenvalue weighted by Crippen LogP contribution is -2.64. The van der Waals surface area contributed by atoms with Crippen molar-refractivity contribution >= 4 is 27.6 Å². The number of aliphatic hydroxyl groups is 4. The lowest BCUT2D eigenvalue weighted by Gasteiger charge is -2.43. The van der Waals surface area contributed by atoms with Crippen molar-refractivity contribution in [2.24, 2.45) is 0 Å². The van der Waals surface area contributed by atoms with Crippen LogP contribution in [0.2, 0.25) is 0 Å². The molecule has 0 aromatic carbocycles. The first-order valence-corrected chi connectivity index (χ1v) is 15.6. The maximum Gasteiger partial charge on any atom is 0.472 e. The molecule has 18 heteroatoms. The molecule has 230 valence electrons. The van der Waals surface area contributed by atoms with Gasteiger partial charge < -0.3 is 44.6 Å². The van der Waals surface area contributed by atoms with E-state index >= 15 is 0 Å². The van der Waals surface area contributed by atoms with Crippen LogP contribution < -0.4 is 0 Å². The number of aliphatic hydroxyl groups excluding tert-OH is 4. The first kappa shape index (κ1) is 36.0. The minimum absolute atomic E-state index is 0.0315. The van der Waals surface area contributed by atoms with Crippen LogP contribution in [0, 0.1) is 0 Å². The molecule has 0 aromatic rings. The topological polar surface area (TPSA) is 256 Å². The maximum atomic E-state index is 12.6. The van der Waals surface area contributed by atoms with E-state index in [2.05, 4.69) is 4.52 Å². The Bertz CT molecular complexity index is 850. The summed E-state index contributed by atoms with van der Waals surface area (Å²) in [6.45, 7) is 2.54. The molecule has 0 spiro atoms. The van der Waals surface area contributed by atoms with Gasteiger partial charge in [0.1, 0.15) is 43.2 Å². The van der Waals surface area contributed by atoms with Crippen LogP contribution in [0.5, 0.6) is 0 Å². The lowest BCUT2D eigenvalue weighted by molar-refractivity contribution is -0.216. The zero-order valence-electron chi connectivity index (χ0n) is 21.8. The second kappa shape index (κ2) is 17.1. The van der Waals surface area contributed by atoms with Gasteiger partial charge in [0, 0.05) is 12.8 Å². The highest BCUT2D eigenvalue weighted by Crippen LogP contribution is 2.48. The number of carbonyl (C=O) groups excluding carboxylic acids is 2. The number of phosphoric ester groups is 2. The minimum atomic E-state index is -5.33. The number of rotatable bonds is 18. The molecule has 1 fully saturated rings. The predicted octanol–water partition coefficient (Wildman–Crippen LogP) is 0.0393. The smallest absolute Gasteiger partial charge is 0.462 e. The molecule has 0 bridgehead atoms. The first-order chi connectivity index (χ1) is 18.1. The summed E-state index contributed by atoms with van der Waals surface area (Å²) in [5, 5.41) is 40.3. The van der Waals surface area contributed by atoms with Crippen molar-refractivity contribution in [3.8, 4) is 0 Å². The van der Waals surface area contributed by atoms with Gasteiger partial charge in [0.05, 0.1) is 6.61 Å². The quantitative estimate of drug-likeness (QED) is 0.0614. The van der Waals surface area contributed by atoms with E-state index in [4.69, 9.17) is 28.3 Å². The molecular weight excluding hydrogens is 570 g/mol. The monoisotopic (exact) mass is 610 g/mol. The fourth-order valence-electron chi connectivity index (χ4n) is 3.61. The number of carbonyl (C=O) groups is 2. The van der Waals surface area contributed by atoms with Gasteiger partial charge in [0.15, 0.2) is 6.10 Å². The standard InChI is InChI=1S/C21H40O16P2/c1-3-5-7-9-14(22)33-11-13(35-15(23)10-8-6-4-2)12-34-39(31,32)37-21-18(26)16(24)17(25)20(19(21)27)36-38(28,29)30/h13,16-21,24-27H,3-12H2,1-2H3,(H,31,32)(H2,28,29,30). The van der Waals surface area contributed by atoms with Crippen LogP contribution in [0.25, 0.3) is 0 Å². The Balaban J connectivity index is 2.88. The molecule has 39 heavy (non-hydrogen) atoms. The summed E-state index contributed by atoms with van der Waals surface area (Å²) >= 11 is 0. The molecule has 1 aliphatic rings. The zero-order chi connectivity index (χ0) is 29.8. The van der Waals surface area contributed by atoms with E-state index in [1.165, 1.54) is 0 Å². The second-order valence-corrected chi connectivity index (χ2v) is 11.7. The number of hydrogen-bond acceptors (Lipinski definition) is 13. The normalized spacial score (nSPS) is 27.9. The van der Waals surface area contributed by atoms with Crippen molar-refractivity contribution in [1.29, 1.82) is 0 Å². The highest BCUT2D eigenvalue weighted by molar-refractivity contribution is 7.47. The summed E-state index contributed by atoms with van der Waals surface area (Å²) in [7, 11) is -10.6. The van der Waals surface area contributed by atoms with Crippen LogP contribution in [0.1, 0.15) is 65.2 Å². The molecule has 16 nitrogen and oxygen atoms in total. The Morgan fingerprint density at radius 1 is 0.718 bits per heavy atom. The summed E-state index contributed by atoms with van der Waals surface area (Å²) < 4.78 is 47.8. The van der Waals surface area contributed by atoms with Crippen LogP contribution >= 0.6 is 15.6 Å². The molecule has 0 radical (unpaired) electrons. The SMILES string of the molecule is CCCCCC(=O)OCC(COP(=O)(O)OC1C(O)C(O)C(O)C(OP(=O)(O)O)C1O)OC(=O)CCCCC. The van der Waals surface area contributed by atoms with E-state index in [1.54, 1.807) is 0 Å². The molecule has 8 atom stereocenters. The Morgan fingerprint density at radius 2 is 1.23 bits per heavy atom. The van der Waals surface area contributed by atoms with Gasteiger partial charge in [0.25, 0.3) is 0 Å². The third-order valence-electron chi connectivity index (χ3n) is 5.68. The number of esters is 2. The van der Waals surface area contributed by atoms with Gasteiger partial charge in [-0.3, -0.25) is 23.2 Å². The number of ether oxygens (including phenoxy) is 2. The highest BCUT2D eigenvalue weighted by Gasteiger charge is 2.54. The Labute approximate surface area is 226 Å². The van der Waals surface area contributed by atoms with Gasteiger partial charge in [-0.1, -0.05) is 39.5 Å². The highest BCUT2D eigenvalue weighted by atomic mass is 31.2. The molecule has 1 rings (SSSR count). The number of unbranched alkanes of at least 4 members (excludes halogenated alkanes) is 4. The molecule has 0 amide bonds.